The number of aromatic nitrogens is 1. The van der Waals surface area contributed by atoms with Gasteiger partial charge in [-0.1, -0.05) is 0 Å². The lowest BCUT2D eigenvalue weighted by Crippen LogP contribution is -2.40. The van der Waals surface area contributed by atoms with Crippen molar-refractivity contribution in [3.63, 3.8) is 0 Å². The Hall–Kier alpha value is -2.40. The van der Waals surface area contributed by atoms with Gasteiger partial charge in [-0.25, -0.2) is 0 Å². The van der Waals surface area contributed by atoms with E-state index in [1.54, 1.807) is 12.4 Å². The van der Waals surface area contributed by atoms with Gasteiger partial charge >= 0.3 is 0 Å². The molecular formula is C19H20N2O3. The molecule has 5 heteroatoms. The largest absolute Gasteiger partial charge is 0.493 e. The quantitative estimate of drug-likeness (QED) is 0.934. The third kappa shape index (κ3) is 3.12. The average molecular weight is 324 g/mol. The highest BCUT2D eigenvalue weighted by Crippen LogP contribution is 2.26. The smallest absolute Gasteiger partial charge is 0.251 e. The zero-order chi connectivity index (χ0) is 16.4. The van der Waals surface area contributed by atoms with Gasteiger partial charge in [-0.05, 0) is 47.9 Å². The highest BCUT2D eigenvalue weighted by atomic mass is 16.5. The van der Waals surface area contributed by atoms with Gasteiger partial charge in [-0.3, -0.25) is 9.78 Å². The van der Waals surface area contributed by atoms with Gasteiger partial charge in [0.2, 0.25) is 0 Å². The van der Waals surface area contributed by atoms with E-state index in [4.69, 9.17) is 9.47 Å². The molecule has 0 bridgehead atoms. The van der Waals surface area contributed by atoms with Crippen LogP contribution in [0.3, 0.4) is 0 Å². The third-order valence-corrected chi connectivity index (χ3v) is 4.71. The first-order chi connectivity index (χ1) is 11.8. The Kier molecular flexibility index (Phi) is 4.17. The molecule has 0 radical (unpaired) electrons. The molecule has 5 nitrogen and oxygen atoms in total. The van der Waals surface area contributed by atoms with E-state index >= 15 is 0 Å². The number of carbonyl (C=O) groups excluding carboxylic acids is 1. The van der Waals surface area contributed by atoms with Crippen LogP contribution in [0.1, 0.15) is 21.5 Å². The van der Waals surface area contributed by atoms with E-state index in [0.29, 0.717) is 25.4 Å². The maximum Gasteiger partial charge on any atom is 0.251 e. The van der Waals surface area contributed by atoms with Crippen molar-refractivity contribution in [1.82, 2.24) is 10.3 Å². The van der Waals surface area contributed by atoms with Crippen LogP contribution in [-0.2, 0) is 17.6 Å². The lowest BCUT2D eigenvalue weighted by Gasteiger charge is -2.19. The van der Waals surface area contributed by atoms with Gasteiger partial charge in [-0.2, -0.15) is 0 Å². The standard InChI is InChI=1S/C19H20N2O3/c22-19(15-1-2-18-14(10-15)5-8-24-18)21-17-12-23-11-16(17)9-13-3-6-20-7-4-13/h1-4,6-7,10,16-17H,5,8-9,11-12H2,(H,21,22)/t16-,17-/m1/s1. The Morgan fingerprint density at radius 1 is 1.21 bits per heavy atom. The summed E-state index contributed by atoms with van der Waals surface area (Å²) in [4.78, 5) is 16.6. The van der Waals surface area contributed by atoms with E-state index < -0.39 is 0 Å². The van der Waals surface area contributed by atoms with Crippen LogP contribution in [0.4, 0.5) is 0 Å². The molecule has 2 aliphatic heterocycles. The number of nitrogens with zero attached hydrogens (tertiary/aromatic N) is 1. The number of ether oxygens (including phenoxy) is 2. The van der Waals surface area contributed by atoms with Crippen LogP contribution >= 0.6 is 0 Å². The lowest BCUT2D eigenvalue weighted by atomic mass is 9.95. The predicted octanol–water partition coefficient (Wildman–Crippen LogP) is 2.00. The molecule has 0 spiro atoms. The van der Waals surface area contributed by atoms with Crippen molar-refractivity contribution in [2.75, 3.05) is 19.8 Å². The first-order valence-corrected chi connectivity index (χ1v) is 8.33. The molecule has 1 fully saturated rings. The van der Waals surface area contributed by atoms with Crippen molar-refractivity contribution in [1.29, 1.82) is 0 Å². The maximum absolute atomic E-state index is 12.6. The summed E-state index contributed by atoms with van der Waals surface area (Å²) in [5.74, 6) is 1.14. The van der Waals surface area contributed by atoms with Crippen LogP contribution in [0, 0.1) is 5.92 Å². The Balaban J connectivity index is 1.43. The first-order valence-electron chi connectivity index (χ1n) is 8.33. The predicted molar refractivity (Wildman–Crippen MR) is 89.1 cm³/mol. The molecule has 2 atom stereocenters. The van der Waals surface area contributed by atoms with Crippen LogP contribution in [0.25, 0.3) is 0 Å². The molecule has 0 unspecified atom stereocenters. The van der Waals surface area contributed by atoms with Gasteiger partial charge in [0, 0.05) is 30.3 Å². The normalized spacial score (nSPS) is 22.0. The van der Waals surface area contributed by atoms with E-state index in [-0.39, 0.29) is 17.9 Å². The number of fused-ring (bicyclic) bond motifs is 1. The molecule has 1 saturated heterocycles. The Morgan fingerprint density at radius 2 is 2.08 bits per heavy atom. The zero-order valence-electron chi connectivity index (χ0n) is 13.4. The molecule has 4 rings (SSSR count). The SMILES string of the molecule is O=C(N[C@@H]1COC[C@H]1Cc1ccncc1)c1ccc2c(c1)CCO2. The fourth-order valence-corrected chi connectivity index (χ4v) is 3.36. The van der Waals surface area contributed by atoms with Gasteiger partial charge in [0.25, 0.3) is 5.91 Å². The molecule has 2 aromatic rings. The van der Waals surface area contributed by atoms with Gasteiger partial charge in [0.1, 0.15) is 5.75 Å². The molecule has 1 N–H and O–H groups in total. The molecule has 0 saturated carbocycles. The van der Waals surface area contributed by atoms with Crippen molar-refractivity contribution < 1.29 is 14.3 Å². The van der Waals surface area contributed by atoms with E-state index in [2.05, 4.69) is 10.3 Å². The van der Waals surface area contributed by atoms with Gasteiger partial charge in [-0.15, -0.1) is 0 Å². The van der Waals surface area contributed by atoms with E-state index in [1.165, 1.54) is 5.56 Å². The number of nitrogens with one attached hydrogen (secondary N) is 1. The summed E-state index contributed by atoms with van der Waals surface area (Å²) in [6.45, 7) is 1.94. The number of pyridine rings is 1. The van der Waals surface area contributed by atoms with E-state index in [9.17, 15) is 4.79 Å². The number of rotatable bonds is 4. The van der Waals surface area contributed by atoms with E-state index in [0.717, 1.165) is 24.2 Å². The lowest BCUT2D eigenvalue weighted by molar-refractivity contribution is 0.0925. The average Bonchev–Trinajstić information content (AvgIpc) is 3.24. The molecule has 3 heterocycles. The molecular weight excluding hydrogens is 304 g/mol. The molecule has 1 amide bonds. The summed E-state index contributed by atoms with van der Waals surface area (Å²) < 4.78 is 11.1. The van der Waals surface area contributed by atoms with Crippen LogP contribution in [0.5, 0.6) is 5.75 Å². The van der Waals surface area contributed by atoms with Crippen molar-refractivity contribution in [3.05, 3.63) is 59.4 Å². The molecule has 124 valence electrons. The second-order valence-corrected chi connectivity index (χ2v) is 6.36. The Bertz CT molecular complexity index is 733. The fraction of sp³-hybridized carbons (Fsp3) is 0.368. The fourth-order valence-electron chi connectivity index (χ4n) is 3.36. The summed E-state index contributed by atoms with van der Waals surface area (Å²) >= 11 is 0. The van der Waals surface area contributed by atoms with E-state index in [1.807, 2.05) is 30.3 Å². The molecule has 2 aliphatic rings. The Labute approximate surface area is 141 Å². The van der Waals surface area contributed by atoms with Crippen LogP contribution in [-0.4, -0.2) is 36.8 Å². The minimum atomic E-state index is -0.0417. The monoisotopic (exact) mass is 324 g/mol. The maximum atomic E-state index is 12.6. The van der Waals surface area contributed by atoms with Crippen molar-refractivity contribution >= 4 is 5.91 Å². The number of benzene rings is 1. The van der Waals surface area contributed by atoms with Crippen LogP contribution in [0.15, 0.2) is 42.7 Å². The Morgan fingerprint density at radius 3 is 2.96 bits per heavy atom. The number of hydrogen-bond acceptors (Lipinski definition) is 4. The minimum Gasteiger partial charge on any atom is -0.493 e. The topological polar surface area (TPSA) is 60.5 Å². The number of amides is 1. The summed E-state index contributed by atoms with van der Waals surface area (Å²) in [6.07, 6.45) is 5.34. The summed E-state index contributed by atoms with van der Waals surface area (Å²) in [7, 11) is 0. The number of hydrogen-bond donors (Lipinski definition) is 1. The summed E-state index contributed by atoms with van der Waals surface area (Å²) in [6, 6.07) is 9.71. The highest BCUT2D eigenvalue weighted by Gasteiger charge is 2.30. The van der Waals surface area contributed by atoms with Crippen molar-refractivity contribution in [2.45, 2.75) is 18.9 Å². The molecule has 1 aromatic carbocycles. The second kappa shape index (κ2) is 6.61. The van der Waals surface area contributed by atoms with Crippen LogP contribution in [0.2, 0.25) is 0 Å². The summed E-state index contributed by atoms with van der Waals surface area (Å²) in [5, 5.41) is 3.14. The van der Waals surface area contributed by atoms with Crippen molar-refractivity contribution in [2.24, 2.45) is 5.92 Å². The van der Waals surface area contributed by atoms with Gasteiger partial charge < -0.3 is 14.8 Å². The minimum absolute atomic E-state index is 0.0372. The highest BCUT2D eigenvalue weighted by molar-refractivity contribution is 5.94. The molecule has 24 heavy (non-hydrogen) atoms. The van der Waals surface area contributed by atoms with Crippen molar-refractivity contribution in [3.8, 4) is 5.75 Å². The molecule has 0 aliphatic carbocycles. The van der Waals surface area contributed by atoms with Gasteiger partial charge in [0.15, 0.2) is 0 Å². The van der Waals surface area contributed by atoms with Crippen LogP contribution < -0.4 is 10.1 Å². The zero-order valence-corrected chi connectivity index (χ0v) is 13.4. The first kappa shape index (κ1) is 15.1. The second-order valence-electron chi connectivity index (χ2n) is 6.36. The molecule has 1 aromatic heterocycles. The number of carbonyl (C=O) groups is 1. The summed E-state index contributed by atoms with van der Waals surface area (Å²) in [5.41, 5.74) is 3.02. The van der Waals surface area contributed by atoms with Gasteiger partial charge in [0.05, 0.1) is 25.9 Å². The third-order valence-electron chi connectivity index (χ3n) is 4.71.